The SMILES string of the molecule is [2H]c1sc2c(c1[2H])c(O)c(C(=O)N([2H])C([2H])([2H])CC([2H])N1C([2H])([2H])C([2H])([2H])C([2H])([2H])C([2H])([2H])C1([2H])[2H])c(=O)n2C([2H])(C)C. The van der Waals surface area contributed by atoms with Crippen LogP contribution in [0.25, 0.3) is 10.2 Å². The van der Waals surface area contributed by atoms with Crippen LogP contribution in [0.2, 0.25) is 1.41 Å². The molecule has 0 aromatic carbocycles. The number of nitrogens with zero attached hydrogens (tertiary/aromatic N) is 2. The number of aromatic nitrogens is 1. The van der Waals surface area contributed by atoms with E-state index in [-0.39, 0.29) is 9.73 Å². The van der Waals surface area contributed by atoms with Crippen LogP contribution in [-0.2, 0) is 0 Å². The third-order valence-electron chi connectivity index (χ3n) is 3.32. The van der Waals surface area contributed by atoms with Crippen LogP contribution < -0.4 is 10.9 Å². The summed E-state index contributed by atoms with van der Waals surface area (Å²) in [6.07, 6.45) is -12.9. The number of hydrogen-bond donors (Lipinski definition) is 2. The largest absolute Gasteiger partial charge is 0.506 e. The molecule has 3 heterocycles. The molecule has 0 radical (unpaired) electrons. The van der Waals surface area contributed by atoms with Gasteiger partial charge >= 0.3 is 0 Å². The summed E-state index contributed by atoms with van der Waals surface area (Å²) in [5.41, 5.74) is -2.66. The molecule has 2 aromatic heterocycles. The van der Waals surface area contributed by atoms with Crippen molar-refractivity contribution in [3.63, 3.8) is 0 Å². The number of carbonyl (C=O) groups excluding carboxylic acids is 1. The van der Waals surface area contributed by atoms with Crippen LogP contribution in [0.15, 0.2) is 16.2 Å². The van der Waals surface area contributed by atoms with Crippen LogP contribution in [-0.4, -0.2) is 46.5 Å². The molecule has 1 atom stereocenters. The van der Waals surface area contributed by atoms with Gasteiger partial charge in [-0.25, -0.2) is 0 Å². The molecule has 6 nitrogen and oxygen atoms in total. The Morgan fingerprint density at radius 3 is 2.96 bits per heavy atom. The number of fused-ring (bicyclic) bond motifs is 1. The minimum Gasteiger partial charge on any atom is -0.506 e. The highest BCUT2D eigenvalue weighted by Gasteiger charge is 2.23. The van der Waals surface area contributed by atoms with E-state index in [1.54, 1.807) is 0 Å². The van der Waals surface area contributed by atoms with Crippen molar-refractivity contribution < 1.29 is 33.2 Å². The lowest BCUT2D eigenvalue weighted by molar-refractivity contribution is 0.0946. The maximum Gasteiger partial charge on any atom is 0.268 e. The molecule has 3 rings (SSSR count). The Kier molecular flexibility index (Phi) is 2.20. The zero-order valence-corrected chi connectivity index (χ0v) is 14.6. The number of hydrogen-bond acceptors (Lipinski definition) is 5. The van der Waals surface area contributed by atoms with Crippen LogP contribution in [0.5, 0.6) is 5.75 Å². The fourth-order valence-corrected chi connectivity index (χ4v) is 3.07. The summed E-state index contributed by atoms with van der Waals surface area (Å²) in [5, 5.41) is 9.32. The minimum atomic E-state index is -3.81. The van der Waals surface area contributed by atoms with Crippen molar-refractivity contribution in [3.05, 3.63) is 27.3 Å². The number of thiophene rings is 1. The molecule has 1 aliphatic rings. The predicted molar refractivity (Wildman–Crippen MR) is 105 cm³/mol. The van der Waals surface area contributed by atoms with E-state index in [9.17, 15) is 14.7 Å². The van der Waals surface area contributed by atoms with Crippen molar-refractivity contribution in [1.82, 2.24) is 14.8 Å². The smallest absolute Gasteiger partial charge is 0.268 e. The number of rotatable bonds is 6. The molecule has 2 aromatic rings. The number of likely N-dealkylation sites (tertiary alicyclic amines) is 1. The van der Waals surface area contributed by atoms with Crippen molar-refractivity contribution in [2.75, 3.05) is 26.0 Å². The standard InChI is InChI=1S/C19H27N3O3S/c1-13(2)22-18(25)15(16(23)14-7-12-26-19(14)22)17(24)20-8-6-11-21-9-4-3-5-10-21/h7,12-13,23H,3-6,8-11H2,1-2H3,(H,20,24)/i3D2,4D2,5D2,7D,8D2,9D2,10D2,11D,12D,13D/hD. The predicted octanol–water partition coefficient (Wildman–Crippen LogP) is 2.96. The summed E-state index contributed by atoms with van der Waals surface area (Å²) in [5.74, 6) is -3.04. The molecule has 1 aliphatic heterocycles. The number of amides is 1. The number of pyridine rings is 1. The second kappa shape index (κ2) is 8.22. The van der Waals surface area contributed by atoms with Crippen LogP contribution in [0, 0.1) is 0 Å². The van der Waals surface area contributed by atoms with E-state index in [0.29, 0.717) is 15.9 Å². The Labute approximate surface area is 181 Å². The molecule has 26 heavy (non-hydrogen) atoms. The molecule has 142 valence electrons. The van der Waals surface area contributed by atoms with Crippen LogP contribution in [0.1, 0.15) is 77.7 Å². The summed E-state index contributed by atoms with van der Waals surface area (Å²) in [7, 11) is 0. The first-order valence-electron chi connectivity index (χ1n) is 15.9. The molecule has 1 fully saturated rings. The number of carbonyl (C=O) groups is 1. The molecule has 0 bridgehead atoms. The maximum atomic E-state index is 13.3. The molecule has 0 spiro atoms. The van der Waals surface area contributed by atoms with Gasteiger partial charge in [-0.05, 0) is 63.9 Å². The Hall–Kier alpha value is -1.86. The van der Waals surface area contributed by atoms with Gasteiger partial charge in [0.15, 0.2) is 1.41 Å². The van der Waals surface area contributed by atoms with Gasteiger partial charge in [-0.1, -0.05) is 6.37 Å². The van der Waals surface area contributed by atoms with E-state index in [0.717, 1.165) is 0 Å². The Bertz CT molecular complexity index is 1500. The number of piperidine rings is 1. The molecular formula is C19H27N3O3S. The Morgan fingerprint density at radius 2 is 2.27 bits per heavy atom. The molecular weight excluding hydrogens is 350 g/mol. The Morgan fingerprint density at radius 1 is 1.54 bits per heavy atom. The summed E-state index contributed by atoms with van der Waals surface area (Å²) < 4.78 is 138. The van der Waals surface area contributed by atoms with Crippen molar-refractivity contribution in [2.45, 2.75) is 45.4 Å². The lowest BCUT2D eigenvalue weighted by atomic mass is 10.1. The highest BCUT2D eigenvalue weighted by atomic mass is 32.1. The van der Waals surface area contributed by atoms with E-state index < -0.39 is 102 Å². The topological polar surface area (TPSA) is 74.6 Å². The fraction of sp³-hybridized carbons (Fsp3) is 0.579. The molecule has 0 aliphatic carbocycles. The lowest BCUT2D eigenvalue weighted by Crippen LogP contribution is -2.36. The zero-order valence-electron chi connectivity index (χ0n) is 30.8. The van der Waals surface area contributed by atoms with Gasteiger partial charge in [0.05, 0.1) is 9.50 Å². The fourth-order valence-electron chi connectivity index (χ4n) is 2.21. The summed E-state index contributed by atoms with van der Waals surface area (Å²) >= 11 is 0.545. The minimum absolute atomic E-state index is 0.224. The average Bonchev–Trinajstić information content (AvgIpc) is 3.09. The van der Waals surface area contributed by atoms with Gasteiger partial charge in [0.2, 0.25) is 0 Å². The van der Waals surface area contributed by atoms with Crippen molar-refractivity contribution in [2.24, 2.45) is 0 Å². The van der Waals surface area contributed by atoms with Crippen LogP contribution in [0.3, 0.4) is 0 Å². The molecule has 0 saturated carbocycles. The normalized spacial score (nSPS) is 37.1. The van der Waals surface area contributed by atoms with E-state index in [1.165, 1.54) is 13.8 Å². The maximum absolute atomic E-state index is 13.3. The van der Waals surface area contributed by atoms with Crippen molar-refractivity contribution >= 4 is 27.5 Å². The van der Waals surface area contributed by atoms with E-state index in [1.807, 2.05) is 0 Å². The van der Waals surface area contributed by atoms with Gasteiger partial charge < -0.3 is 15.3 Å². The molecule has 7 heteroatoms. The van der Waals surface area contributed by atoms with Gasteiger partial charge in [0, 0.05) is 30.3 Å². The summed E-state index contributed by atoms with van der Waals surface area (Å²) in [6, 6.07) is -2.48. The Balaban J connectivity index is 2.12. The van der Waals surface area contributed by atoms with Crippen molar-refractivity contribution in [3.8, 4) is 5.75 Å². The first-order valence-corrected chi connectivity index (χ1v) is 8.19. The summed E-state index contributed by atoms with van der Waals surface area (Å²) in [4.78, 5) is 26.1. The van der Waals surface area contributed by atoms with Crippen molar-refractivity contribution in [1.29, 1.82) is 0 Å². The molecule has 1 amide bonds. The molecule has 1 unspecified atom stereocenters. The average molecular weight is 395 g/mol. The third-order valence-corrected chi connectivity index (χ3v) is 4.10. The molecule has 1 saturated heterocycles. The van der Waals surface area contributed by atoms with Crippen LogP contribution in [0.4, 0.5) is 0 Å². The van der Waals surface area contributed by atoms with Gasteiger partial charge in [0.1, 0.15) is 16.1 Å². The highest BCUT2D eigenvalue weighted by Crippen LogP contribution is 2.31. The van der Waals surface area contributed by atoms with E-state index >= 15 is 0 Å². The first-order chi connectivity index (χ1) is 18.9. The second-order valence-electron chi connectivity index (χ2n) is 5.25. The highest BCUT2D eigenvalue weighted by molar-refractivity contribution is 7.16. The van der Waals surface area contributed by atoms with Gasteiger partial charge in [-0.2, -0.15) is 0 Å². The lowest BCUT2D eigenvalue weighted by Gasteiger charge is -2.26. The molecule has 2 N–H and O–H groups in total. The summed E-state index contributed by atoms with van der Waals surface area (Å²) in [6.45, 7) is -11.2. The third kappa shape index (κ3) is 3.78. The van der Waals surface area contributed by atoms with E-state index in [2.05, 4.69) is 0 Å². The first kappa shape index (κ1) is 6.95. The zero-order chi connectivity index (χ0) is 33.8. The van der Waals surface area contributed by atoms with E-state index in [4.69, 9.17) is 23.3 Å². The number of nitrogens with one attached hydrogen (secondary N) is 1. The van der Waals surface area contributed by atoms with Gasteiger partial charge in [0.25, 0.3) is 11.5 Å². The quantitative estimate of drug-likeness (QED) is 0.790. The van der Waals surface area contributed by atoms with Gasteiger partial charge in [-0.15, -0.1) is 11.3 Å². The number of aromatic hydroxyl groups is 1. The van der Waals surface area contributed by atoms with Gasteiger partial charge in [-0.3, -0.25) is 14.2 Å². The monoisotopic (exact) mass is 394 g/mol. The second-order valence-corrected chi connectivity index (χ2v) is 6.05. The van der Waals surface area contributed by atoms with Crippen LogP contribution >= 0.6 is 11.3 Å².